The topological polar surface area (TPSA) is 66.4 Å². The van der Waals surface area contributed by atoms with Crippen molar-refractivity contribution in [3.63, 3.8) is 0 Å². The zero-order valence-corrected chi connectivity index (χ0v) is 17.4. The molecule has 0 N–H and O–H groups in total. The van der Waals surface area contributed by atoms with Crippen LogP contribution in [0.4, 0.5) is 0 Å². The summed E-state index contributed by atoms with van der Waals surface area (Å²) in [7, 11) is 0. The lowest BCUT2D eigenvalue weighted by Crippen LogP contribution is -2.52. The molecule has 2 aromatic carbocycles. The lowest BCUT2D eigenvalue weighted by Gasteiger charge is -2.40. The highest BCUT2D eigenvalue weighted by atomic mass is 35.5. The zero-order valence-electron chi connectivity index (χ0n) is 15.9. The van der Waals surface area contributed by atoms with Gasteiger partial charge in [-0.25, -0.2) is 9.97 Å². The molecule has 0 spiro atoms. The van der Waals surface area contributed by atoms with Gasteiger partial charge in [0.25, 0.3) is 5.91 Å². The summed E-state index contributed by atoms with van der Waals surface area (Å²) >= 11 is 7.42. The monoisotopic (exact) mass is 436 g/mol. The third-order valence-corrected chi connectivity index (χ3v) is 6.63. The van der Waals surface area contributed by atoms with Crippen LogP contribution >= 0.6 is 23.4 Å². The van der Waals surface area contributed by atoms with Crippen molar-refractivity contribution >= 4 is 35.2 Å². The number of aromatic nitrogens is 2. The van der Waals surface area contributed by atoms with Gasteiger partial charge < -0.3 is 9.80 Å². The van der Waals surface area contributed by atoms with Crippen molar-refractivity contribution in [2.75, 3.05) is 18.8 Å². The first-order chi connectivity index (χ1) is 14.6. The molecule has 0 saturated carbocycles. The van der Waals surface area contributed by atoms with Crippen molar-refractivity contribution in [2.45, 2.75) is 10.8 Å². The Hall–Kier alpha value is -2.90. The average Bonchev–Trinajstić information content (AvgIpc) is 3.29. The fourth-order valence-electron chi connectivity index (χ4n) is 4.35. The quantitative estimate of drug-likeness (QED) is 0.463. The number of halogens is 1. The van der Waals surface area contributed by atoms with Crippen LogP contribution in [0.3, 0.4) is 0 Å². The molecule has 5 rings (SSSR count). The van der Waals surface area contributed by atoms with Gasteiger partial charge in [-0.3, -0.25) is 9.59 Å². The minimum atomic E-state index is -0.965. The van der Waals surface area contributed by atoms with E-state index in [0.717, 1.165) is 11.1 Å². The van der Waals surface area contributed by atoms with E-state index in [4.69, 9.17) is 11.6 Å². The molecule has 150 valence electrons. The van der Waals surface area contributed by atoms with E-state index in [1.165, 1.54) is 11.8 Å². The van der Waals surface area contributed by atoms with Crippen LogP contribution in [0.1, 0.15) is 21.5 Å². The maximum Gasteiger partial charge on any atom is 0.256 e. The minimum absolute atomic E-state index is 0.0603. The highest BCUT2D eigenvalue weighted by molar-refractivity contribution is 7.99. The van der Waals surface area contributed by atoms with Crippen LogP contribution < -0.4 is 0 Å². The average molecular weight is 437 g/mol. The van der Waals surface area contributed by atoms with E-state index in [-0.39, 0.29) is 17.6 Å². The number of fused-ring (bicyclic) bond motifs is 3. The second kappa shape index (κ2) is 7.41. The Morgan fingerprint density at radius 3 is 2.53 bits per heavy atom. The molecular formula is C22H17ClN4O2S. The molecule has 1 fully saturated rings. The van der Waals surface area contributed by atoms with E-state index < -0.39 is 5.66 Å². The number of carbonyl (C=O) groups is 2. The Bertz CT molecular complexity index is 1130. The summed E-state index contributed by atoms with van der Waals surface area (Å²) in [4.78, 5) is 38.6. The van der Waals surface area contributed by atoms with Crippen molar-refractivity contribution in [1.29, 1.82) is 0 Å². The van der Waals surface area contributed by atoms with E-state index in [0.29, 0.717) is 28.8 Å². The van der Waals surface area contributed by atoms with Crippen LogP contribution in [0.5, 0.6) is 0 Å². The van der Waals surface area contributed by atoms with Crippen molar-refractivity contribution in [3.8, 4) is 0 Å². The van der Waals surface area contributed by atoms with E-state index in [2.05, 4.69) is 9.97 Å². The molecule has 1 atom stereocenters. The van der Waals surface area contributed by atoms with Gasteiger partial charge in [0.05, 0.1) is 5.75 Å². The largest absolute Gasteiger partial charge is 0.309 e. The Labute approximate surface area is 182 Å². The van der Waals surface area contributed by atoms with Crippen LogP contribution in [0.25, 0.3) is 0 Å². The molecule has 3 heterocycles. The van der Waals surface area contributed by atoms with Crippen LogP contribution in [0.2, 0.25) is 5.02 Å². The maximum absolute atomic E-state index is 13.4. The third-order valence-electron chi connectivity index (χ3n) is 5.52. The highest BCUT2D eigenvalue weighted by Gasteiger charge is 2.59. The summed E-state index contributed by atoms with van der Waals surface area (Å²) in [6.07, 6.45) is 3.30. The number of carbonyl (C=O) groups excluding carboxylic acids is 2. The van der Waals surface area contributed by atoms with Crippen LogP contribution in [0, 0.1) is 0 Å². The summed E-state index contributed by atoms with van der Waals surface area (Å²) < 4.78 is 0. The second-order valence-corrected chi connectivity index (χ2v) is 8.43. The Morgan fingerprint density at radius 1 is 1.03 bits per heavy atom. The first-order valence-corrected chi connectivity index (χ1v) is 10.9. The third kappa shape index (κ3) is 2.80. The summed E-state index contributed by atoms with van der Waals surface area (Å²) in [5.41, 5.74) is 1.33. The van der Waals surface area contributed by atoms with Gasteiger partial charge in [0.1, 0.15) is 0 Å². The smallest absolute Gasteiger partial charge is 0.256 e. The van der Waals surface area contributed by atoms with Crippen LogP contribution in [0.15, 0.2) is 72.1 Å². The number of hydrogen-bond donors (Lipinski definition) is 0. The molecule has 3 aromatic rings. The van der Waals surface area contributed by atoms with E-state index in [1.807, 2.05) is 36.4 Å². The number of nitrogens with zero attached hydrogens (tertiary/aromatic N) is 4. The minimum Gasteiger partial charge on any atom is -0.309 e. The van der Waals surface area contributed by atoms with E-state index in [1.54, 1.807) is 40.4 Å². The maximum atomic E-state index is 13.4. The van der Waals surface area contributed by atoms with Gasteiger partial charge in [-0.2, -0.15) is 0 Å². The van der Waals surface area contributed by atoms with Crippen LogP contribution in [-0.4, -0.2) is 50.4 Å². The molecule has 0 aliphatic carbocycles. The fourth-order valence-corrected chi connectivity index (χ4v) is 5.15. The Balaban J connectivity index is 1.58. The van der Waals surface area contributed by atoms with E-state index in [9.17, 15) is 9.59 Å². The van der Waals surface area contributed by atoms with Crippen LogP contribution in [-0.2, 0) is 10.5 Å². The molecule has 2 aliphatic heterocycles. The van der Waals surface area contributed by atoms with Gasteiger partial charge in [-0.15, -0.1) is 0 Å². The number of thioether (sulfide) groups is 1. The van der Waals surface area contributed by atoms with Crippen molar-refractivity contribution < 1.29 is 9.59 Å². The lowest BCUT2D eigenvalue weighted by molar-refractivity contribution is -0.133. The Kier molecular flexibility index (Phi) is 4.72. The highest BCUT2D eigenvalue weighted by Crippen LogP contribution is 2.49. The van der Waals surface area contributed by atoms with Crippen molar-refractivity contribution in [1.82, 2.24) is 19.8 Å². The van der Waals surface area contributed by atoms with E-state index >= 15 is 0 Å². The molecular weight excluding hydrogens is 420 g/mol. The van der Waals surface area contributed by atoms with Gasteiger partial charge in [0.15, 0.2) is 10.8 Å². The van der Waals surface area contributed by atoms with Gasteiger partial charge in [0.2, 0.25) is 5.91 Å². The molecule has 6 nitrogen and oxygen atoms in total. The second-order valence-electron chi connectivity index (χ2n) is 7.05. The van der Waals surface area contributed by atoms with Gasteiger partial charge >= 0.3 is 0 Å². The fraction of sp³-hybridized carbons (Fsp3) is 0.182. The number of amides is 2. The predicted molar refractivity (Wildman–Crippen MR) is 114 cm³/mol. The van der Waals surface area contributed by atoms with Crippen molar-refractivity contribution in [2.24, 2.45) is 0 Å². The number of rotatable bonds is 4. The normalized spacial score (nSPS) is 19.7. The summed E-state index contributed by atoms with van der Waals surface area (Å²) in [6.45, 7) is 0.923. The van der Waals surface area contributed by atoms with Crippen molar-refractivity contribution in [3.05, 3.63) is 88.7 Å². The first kappa shape index (κ1) is 19.1. The SMILES string of the molecule is O=C(CSc1ncccn1)N1CCN2C(=O)c3ccccc3C12c1ccc(Cl)cc1. The molecule has 30 heavy (non-hydrogen) atoms. The molecule has 1 saturated heterocycles. The lowest BCUT2D eigenvalue weighted by atomic mass is 9.90. The number of hydrogen-bond acceptors (Lipinski definition) is 5. The molecule has 1 aromatic heterocycles. The molecule has 8 heteroatoms. The van der Waals surface area contributed by atoms with Gasteiger partial charge in [0, 0.05) is 47.2 Å². The summed E-state index contributed by atoms with van der Waals surface area (Å²) in [6, 6.07) is 16.6. The molecule has 0 radical (unpaired) electrons. The molecule has 1 unspecified atom stereocenters. The molecule has 0 bridgehead atoms. The Morgan fingerprint density at radius 2 is 1.77 bits per heavy atom. The molecule has 2 aliphatic rings. The first-order valence-electron chi connectivity index (χ1n) is 9.50. The summed E-state index contributed by atoms with van der Waals surface area (Å²) in [5, 5.41) is 1.15. The zero-order chi connectivity index (χ0) is 20.7. The molecule has 2 amide bonds. The predicted octanol–water partition coefficient (Wildman–Crippen LogP) is 3.42. The summed E-state index contributed by atoms with van der Waals surface area (Å²) in [5.74, 6) is 0.0492. The standard InChI is InChI=1S/C22H17ClN4O2S/c23-16-8-6-15(7-9-16)22-18-5-2-1-4-17(18)20(29)27(22)13-12-26(22)19(28)14-30-21-24-10-3-11-25-21/h1-11H,12-14H2. The van der Waals surface area contributed by atoms with Gasteiger partial charge in [-0.1, -0.05) is 53.7 Å². The van der Waals surface area contributed by atoms with Gasteiger partial charge in [-0.05, 0) is 24.3 Å². The number of benzene rings is 2.